The summed E-state index contributed by atoms with van der Waals surface area (Å²) in [5, 5.41) is 16.9. The Hall–Kier alpha value is -2.21. The molecule has 0 aliphatic heterocycles. The minimum atomic E-state index is -0.577. The second-order valence-electron chi connectivity index (χ2n) is 6.22. The lowest BCUT2D eigenvalue weighted by Crippen LogP contribution is -2.34. The van der Waals surface area contributed by atoms with Gasteiger partial charge in [0.25, 0.3) is 0 Å². The topological polar surface area (TPSA) is 88.2 Å². The molecule has 6 nitrogen and oxygen atoms in total. The van der Waals surface area contributed by atoms with Crippen molar-refractivity contribution in [3.8, 4) is 0 Å². The molecule has 0 saturated heterocycles. The Morgan fingerprint density at radius 2 is 2.22 bits per heavy atom. The fourth-order valence-electron chi connectivity index (χ4n) is 2.82. The number of carbonyl (C=O) groups is 1. The SMILES string of the molecule is CC(C)c1noc(CCC(=O)NC2c3ccccc3CC2O)n1. The molecule has 1 aliphatic carbocycles. The van der Waals surface area contributed by atoms with Gasteiger partial charge in [-0.2, -0.15) is 4.98 Å². The number of rotatable bonds is 5. The van der Waals surface area contributed by atoms with E-state index in [1.165, 1.54) is 0 Å². The number of nitrogens with one attached hydrogen (secondary N) is 1. The number of benzene rings is 1. The molecule has 0 spiro atoms. The van der Waals surface area contributed by atoms with Crippen molar-refractivity contribution < 1.29 is 14.4 Å². The maximum atomic E-state index is 12.2. The quantitative estimate of drug-likeness (QED) is 0.880. The summed E-state index contributed by atoms with van der Waals surface area (Å²) < 4.78 is 5.13. The van der Waals surface area contributed by atoms with Crippen molar-refractivity contribution in [1.29, 1.82) is 0 Å². The molecule has 2 unspecified atom stereocenters. The molecule has 3 rings (SSSR count). The maximum absolute atomic E-state index is 12.2. The standard InChI is InChI=1S/C17H21N3O3/c1-10(2)17-19-15(23-20-17)8-7-14(22)18-16-12-6-4-3-5-11(12)9-13(16)21/h3-6,10,13,16,21H,7-9H2,1-2H3,(H,18,22). The highest BCUT2D eigenvalue weighted by atomic mass is 16.5. The summed E-state index contributed by atoms with van der Waals surface area (Å²) in [7, 11) is 0. The molecule has 1 aromatic heterocycles. The van der Waals surface area contributed by atoms with Gasteiger partial charge in [0.2, 0.25) is 11.8 Å². The van der Waals surface area contributed by atoms with Gasteiger partial charge in [0.05, 0.1) is 12.1 Å². The molecule has 2 atom stereocenters. The number of hydrogen-bond donors (Lipinski definition) is 2. The summed E-state index contributed by atoms with van der Waals surface area (Å²) in [6, 6.07) is 7.45. The molecule has 0 radical (unpaired) electrons. The van der Waals surface area contributed by atoms with Gasteiger partial charge in [-0.1, -0.05) is 43.3 Å². The van der Waals surface area contributed by atoms with Crippen LogP contribution in [-0.4, -0.2) is 27.3 Å². The maximum Gasteiger partial charge on any atom is 0.227 e. The lowest BCUT2D eigenvalue weighted by molar-refractivity contribution is -0.122. The molecule has 0 saturated carbocycles. The molecule has 23 heavy (non-hydrogen) atoms. The number of amides is 1. The molecule has 2 N–H and O–H groups in total. The number of aliphatic hydroxyl groups excluding tert-OH is 1. The van der Waals surface area contributed by atoms with Crippen molar-refractivity contribution >= 4 is 5.91 Å². The van der Waals surface area contributed by atoms with Gasteiger partial charge in [0.1, 0.15) is 0 Å². The van der Waals surface area contributed by atoms with Crippen molar-refractivity contribution in [3.05, 3.63) is 47.1 Å². The highest BCUT2D eigenvalue weighted by Gasteiger charge is 2.31. The van der Waals surface area contributed by atoms with E-state index in [0.29, 0.717) is 24.6 Å². The second kappa shape index (κ2) is 6.50. The Morgan fingerprint density at radius 1 is 1.43 bits per heavy atom. The van der Waals surface area contributed by atoms with Crippen LogP contribution in [0.2, 0.25) is 0 Å². The summed E-state index contributed by atoms with van der Waals surface area (Å²) in [5.74, 6) is 1.19. The number of aryl methyl sites for hydroxylation is 1. The lowest BCUT2D eigenvalue weighted by Gasteiger charge is -2.17. The van der Waals surface area contributed by atoms with E-state index in [1.54, 1.807) is 0 Å². The van der Waals surface area contributed by atoms with E-state index in [9.17, 15) is 9.90 Å². The highest BCUT2D eigenvalue weighted by Crippen LogP contribution is 2.31. The second-order valence-corrected chi connectivity index (χ2v) is 6.22. The Kier molecular flexibility index (Phi) is 4.43. The third-order valence-electron chi connectivity index (χ3n) is 4.09. The minimum absolute atomic E-state index is 0.130. The van der Waals surface area contributed by atoms with Gasteiger partial charge >= 0.3 is 0 Å². The predicted octanol–water partition coefficient (Wildman–Crippen LogP) is 1.90. The minimum Gasteiger partial charge on any atom is -0.390 e. The third kappa shape index (κ3) is 3.42. The molecule has 122 valence electrons. The molecule has 6 heteroatoms. The van der Waals surface area contributed by atoms with Crippen LogP contribution in [0.15, 0.2) is 28.8 Å². The zero-order valence-corrected chi connectivity index (χ0v) is 13.3. The monoisotopic (exact) mass is 315 g/mol. The van der Waals surface area contributed by atoms with Crippen molar-refractivity contribution in [2.24, 2.45) is 0 Å². The van der Waals surface area contributed by atoms with Crippen LogP contribution >= 0.6 is 0 Å². The largest absolute Gasteiger partial charge is 0.390 e. The summed E-state index contributed by atoms with van der Waals surface area (Å²) in [4.78, 5) is 16.4. The van der Waals surface area contributed by atoms with Crippen LogP contribution in [0.25, 0.3) is 0 Å². The fourth-order valence-corrected chi connectivity index (χ4v) is 2.82. The van der Waals surface area contributed by atoms with Crippen LogP contribution in [0, 0.1) is 0 Å². The number of fused-ring (bicyclic) bond motifs is 1. The highest BCUT2D eigenvalue weighted by molar-refractivity contribution is 5.77. The first kappa shape index (κ1) is 15.7. The molecule has 1 heterocycles. The number of nitrogens with zero attached hydrogens (tertiary/aromatic N) is 2. The number of aliphatic hydroxyl groups is 1. The third-order valence-corrected chi connectivity index (χ3v) is 4.09. The number of hydrogen-bond acceptors (Lipinski definition) is 5. The van der Waals surface area contributed by atoms with E-state index < -0.39 is 6.10 Å². The first-order chi connectivity index (χ1) is 11.0. The molecular weight excluding hydrogens is 294 g/mol. The Bertz CT molecular complexity index is 696. The molecular formula is C17H21N3O3. The molecule has 1 amide bonds. The van der Waals surface area contributed by atoms with E-state index in [2.05, 4.69) is 15.5 Å². The van der Waals surface area contributed by atoms with Gasteiger partial charge in [-0.3, -0.25) is 4.79 Å². The average molecular weight is 315 g/mol. The van der Waals surface area contributed by atoms with Crippen LogP contribution in [-0.2, 0) is 17.6 Å². The van der Waals surface area contributed by atoms with E-state index in [1.807, 2.05) is 38.1 Å². The predicted molar refractivity (Wildman–Crippen MR) is 83.7 cm³/mol. The molecule has 0 fully saturated rings. The van der Waals surface area contributed by atoms with Crippen molar-refractivity contribution in [2.75, 3.05) is 0 Å². The average Bonchev–Trinajstić information content (AvgIpc) is 3.11. The van der Waals surface area contributed by atoms with Crippen LogP contribution in [0.5, 0.6) is 0 Å². The first-order valence-electron chi connectivity index (χ1n) is 7.92. The van der Waals surface area contributed by atoms with Crippen molar-refractivity contribution in [1.82, 2.24) is 15.5 Å². The van der Waals surface area contributed by atoms with Gasteiger partial charge < -0.3 is 14.9 Å². The zero-order chi connectivity index (χ0) is 16.4. The molecule has 2 aromatic rings. The van der Waals surface area contributed by atoms with Gasteiger partial charge in [-0.15, -0.1) is 0 Å². The smallest absolute Gasteiger partial charge is 0.227 e. The summed E-state index contributed by atoms with van der Waals surface area (Å²) in [6.45, 7) is 3.97. The summed E-state index contributed by atoms with van der Waals surface area (Å²) in [5.41, 5.74) is 2.08. The molecule has 1 aliphatic rings. The van der Waals surface area contributed by atoms with Crippen LogP contribution in [0.4, 0.5) is 0 Å². The van der Waals surface area contributed by atoms with Crippen molar-refractivity contribution in [3.63, 3.8) is 0 Å². The molecule has 1 aromatic carbocycles. The first-order valence-corrected chi connectivity index (χ1v) is 7.92. The Labute approximate surface area is 134 Å². The van der Waals surface area contributed by atoms with E-state index in [4.69, 9.17) is 4.52 Å². The Morgan fingerprint density at radius 3 is 2.96 bits per heavy atom. The zero-order valence-electron chi connectivity index (χ0n) is 13.3. The van der Waals surface area contributed by atoms with E-state index in [0.717, 1.165) is 11.1 Å². The fraction of sp³-hybridized carbons (Fsp3) is 0.471. The lowest BCUT2D eigenvalue weighted by atomic mass is 10.1. The van der Waals surface area contributed by atoms with E-state index >= 15 is 0 Å². The van der Waals surface area contributed by atoms with Crippen molar-refractivity contribution in [2.45, 2.75) is 51.2 Å². The van der Waals surface area contributed by atoms with Gasteiger partial charge in [0, 0.05) is 25.2 Å². The summed E-state index contributed by atoms with van der Waals surface area (Å²) in [6.07, 6.45) is 0.649. The molecule has 0 bridgehead atoms. The van der Waals surface area contributed by atoms with Gasteiger partial charge in [0.15, 0.2) is 5.82 Å². The Balaban J connectivity index is 1.57. The number of carbonyl (C=O) groups excluding carboxylic acids is 1. The van der Waals surface area contributed by atoms with E-state index in [-0.39, 0.29) is 24.3 Å². The van der Waals surface area contributed by atoms with Gasteiger partial charge in [-0.25, -0.2) is 0 Å². The number of aromatic nitrogens is 2. The van der Waals surface area contributed by atoms with Crippen LogP contribution in [0.1, 0.15) is 55.1 Å². The van der Waals surface area contributed by atoms with Crippen LogP contribution < -0.4 is 5.32 Å². The van der Waals surface area contributed by atoms with Gasteiger partial charge in [-0.05, 0) is 11.1 Å². The summed E-state index contributed by atoms with van der Waals surface area (Å²) >= 11 is 0. The normalized spacial score (nSPS) is 19.8. The van der Waals surface area contributed by atoms with Crippen LogP contribution in [0.3, 0.4) is 0 Å².